The molecule has 0 saturated carbocycles. The van der Waals surface area contributed by atoms with Gasteiger partial charge in [-0.05, 0) is 61.6 Å². The van der Waals surface area contributed by atoms with Crippen molar-refractivity contribution in [1.82, 2.24) is 0 Å². The largest absolute Gasteiger partial charge is 0.492 e. The second-order valence-electron chi connectivity index (χ2n) is 6.80. The summed E-state index contributed by atoms with van der Waals surface area (Å²) in [6, 6.07) is 11.0. The number of carbonyl (C=O) groups is 2. The third kappa shape index (κ3) is 3.47. The number of nitrogens with one attached hydrogen (secondary N) is 2. The molecule has 2 aliphatic heterocycles. The zero-order valence-corrected chi connectivity index (χ0v) is 15.4. The fourth-order valence-electron chi connectivity index (χ4n) is 3.86. The number of nitrogens with zero attached hydrogens (tertiary/aromatic N) is 1. The van der Waals surface area contributed by atoms with Crippen molar-refractivity contribution in [3.63, 3.8) is 0 Å². The number of urea groups is 1. The van der Waals surface area contributed by atoms with Gasteiger partial charge in [-0.15, -0.1) is 0 Å². The predicted molar refractivity (Wildman–Crippen MR) is 106 cm³/mol. The Labute approximate surface area is 158 Å². The molecule has 0 aliphatic carbocycles. The molecule has 2 aliphatic rings. The van der Waals surface area contributed by atoms with E-state index in [1.165, 1.54) is 0 Å². The average Bonchev–Trinajstić information content (AvgIpc) is 2.66. The first-order chi connectivity index (χ1) is 13.2. The van der Waals surface area contributed by atoms with E-state index < -0.39 is 0 Å². The maximum atomic E-state index is 12.5. The van der Waals surface area contributed by atoms with E-state index in [9.17, 15) is 9.59 Å². The van der Waals surface area contributed by atoms with Gasteiger partial charge in [-0.2, -0.15) is 0 Å². The summed E-state index contributed by atoms with van der Waals surface area (Å²) < 4.78 is 5.55. The summed E-state index contributed by atoms with van der Waals surface area (Å²) in [6.07, 6.45) is 3.14. The van der Waals surface area contributed by atoms with Crippen LogP contribution in [-0.2, 0) is 17.6 Å². The van der Waals surface area contributed by atoms with Crippen LogP contribution in [0.2, 0.25) is 0 Å². The zero-order valence-electron chi connectivity index (χ0n) is 15.4. The summed E-state index contributed by atoms with van der Waals surface area (Å²) in [5.41, 5.74) is 4.72. The lowest BCUT2D eigenvalue weighted by atomic mass is 9.91. The Morgan fingerprint density at radius 3 is 2.70 bits per heavy atom. The van der Waals surface area contributed by atoms with Crippen LogP contribution in [-0.4, -0.2) is 25.1 Å². The quantitative estimate of drug-likeness (QED) is 0.862. The van der Waals surface area contributed by atoms with Crippen molar-refractivity contribution >= 4 is 29.0 Å². The number of carbonyl (C=O) groups excluding carboxylic acids is 2. The van der Waals surface area contributed by atoms with E-state index in [4.69, 9.17) is 4.74 Å². The third-order valence-electron chi connectivity index (χ3n) is 4.97. The van der Waals surface area contributed by atoms with E-state index >= 15 is 0 Å². The number of aryl methyl sites for hydroxylation is 2. The van der Waals surface area contributed by atoms with Crippen molar-refractivity contribution in [2.24, 2.45) is 0 Å². The molecule has 3 amide bonds. The Morgan fingerprint density at radius 1 is 1.11 bits per heavy atom. The van der Waals surface area contributed by atoms with Crippen LogP contribution >= 0.6 is 0 Å². The number of anilines is 3. The first-order valence-electron chi connectivity index (χ1n) is 9.41. The monoisotopic (exact) mass is 365 g/mol. The molecular formula is C21H23N3O3. The number of ether oxygens (including phenoxy) is 1. The van der Waals surface area contributed by atoms with Crippen molar-refractivity contribution in [2.45, 2.75) is 32.6 Å². The molecule has 27 heavy (non-hydrogen) atoms. The highest BCUT2D eigenvalue weighted by Gasteiger charge is 2.29. The van der Waals surface area contributed by atoms with Crippen LogP contribution in [0, 0.1) is 0 Å². The molecule has 2 N–H and O–H groups in total. The van der Waals surface area contributed by atoms with Gasteiger partial charge in [0, 0.05) is 18.7 Å². The molecule has 0 saturated heterocycles. The van der Waals surface area contributed by atoms with Crippen LogP contribution in [0.1, 0.15) is 30.9 Å². The standard InChI is InChI=1S/C21H23N3O3/c1-2-27-18-8-4-3-7-17(18)23-21(26)22-16-12-14-6-5-11-24-19(25)10-9-15(13-16)20(14)24/h3-4,7-8,12-13H,2,5-6,9-11H2,1H3,(H2,22,23,26). The minimum Gasteiger partial charge on any atom is -0.492 e. The number of rotatable bonds is 4. The Kier molecular flexibility index (Phi) is 4.71. The second-order valence-corrected chi connectivity index (χ2v) is 6.80. The summed E-state index contributed by atoms with van der Waals surface area (Å²) in [4.78, 5) is 26.6. The van der Waals surface area contributed by atoms with Crippen LogP contribution in [0.15, 0.2) is 36.4 Å². The molecular weight excluding hydrogens is 342 g/mol. The van der Waals surface area contributed by atoms with Crippen molar-refractivity contribution in [3.05, 3.63) is 47.5 Å². The van der Waals surface area contributed by atoms with E-state index in [-0.39, 0.29) is 11.9 Å². The van der Waals surface area contributed by atoms with Crippen LogP contribution in [0.3, 0.4) is 0 Å². The number of hydrogen-bond acceptors (Lipinski definition) is 3. The topological polar surface area (TPSA) is 70.7 Å². The SMILES string of the molecule is CCOc1ccccc1NC(=O)Nc1cc2c3c(c1)CCC(=O)N3CCC2. The van der Waals surface area contributed by atoms with Gasteiger partial charge in [0.1, 0.15) is 5.75 Å². The lowest BCUT2D eigenvalue weighted by molar-refractivity contribution is -0.119. The molecule has 6 heteroatoms. The van der Waals surface area contributed by atoms with Crippen LogP contribution < -0.4 is 20.3 Å². The first kappa shape index (κ1) is 17.4. The van der Waals surface area contributed by atoms with Gasteiger partial charge >= 0.3 is 6.03 Å². The van der Waals surface area contributed by atoms with E-state index in [1.54, 1.807) is 0 Å². The summed E-state index contributed by atoms with van der Waals surface area (Å²) in [7, 11) is 0. The highest BCUT2D eigenvalue weighted by molar-refractivity contribution is 6.02. The van der Waals surface area contributed by atoms with Gasteiger partial charge in [0.05, 0.1) is 18.0 Å². The maximum absolute atomic E-state index is 12.5. The van der Waals surface area contributed by atoms with Crippen molar-refractivity contribution in [1.29, 1.82) is 0 Å². The molecule has 2 aromatic rings. The minimum absolute atomic E-state index is 0.203. The lowest BCUT2D eigenvalue weighted by Gasteiger charge is -2.35. The van der Waals surface area contributed by atoms with Crippen LogP contribution in [0.4, 0.5) is 21.9 Å². The normalized spacial score (nSPS) is 15.1. The predicted octanol–water partition coefficient (Wildman–Crippen LogP) is 3.95. The Balaban J connectivity index is 1.54. The fourth-order valence-corrected chi connectivity index (χ4v) is 3.86. The first-order valence-corrected chi connectivity index (χ1v) is 9.41. The summed E-state index contributed by atoms with van der Waals surface area (Å²) >= 11 is 0. The Bertz CT molecular complexity index is 877. The Hall–Kier alpha value is -3.02. The molecule has 0 radical (unpaired) electrons. The molecule has 2 aromatic carbocycles. The van der Waals surface area contributed by atoms with E-state index in [1.807, 2.05) is 48.2 Å². The average molecular weight is 365 g/mol. The molecule has 0 bridgehead atoms. The number of amides is 3. The fraction of sp³-hybridized carbons (Fsp3) is 0.333. The number of para-hydroxylation sites is 2. The summed E-state index contributed by atoms with van der Waals surface area (Å²) in [5, 5.41) is 5.78. The summed E-state index contributed by atoms with van der Waals surface area (Å²) in [6.45, 7) is 3.23. The van der Waals surface area contributed by atoms with Crippen molar-refractivity contribution < 1.29 is 14.3 Å². The van der Waals surface area contributed by atoms with Gasteiger partial charge in [-0.25, -0.2) is 4.79 Å². The molecule has 0 unspecified atom stereocenters. The number of benzene rings is 2. The molecule has 4 rings (SSSR count). The molecule has 0 aromatic heterocycles. The van der Waals surface area contributed by atoms with Gasteiger partial charge in [-0.3, -0.25) is 4.79 Å². The lowest BCUT2D eigenvalue weighted by Crippen LogP contribution is -2.39. The van der Waals surface area contributed by atoms with Gasteiger partial charge in [0.15, 0.2) is 0 Å². The van der Waals surface area contributed by atoms with E-state index in [2.05, 4.69) is 10.6 Å². The van der Waals surface area contributed by atoms with Crippen LogP contribution in [0.5, 0.6) is 5.75 Å². The highest BCUT2D eigenvalue weighted by Crippen LogP contribution is 2.38. The van der Waals surface area contributed by atoms with Crippen molar-refractivity contribution in [3.8, 4) is 5.75 Å². The molecule has 140 valence electrons. The number of hydrogen-bond donors (Lipinski definition) is 2. The molecule has 0 fully saturated rings. The van der Waals surface area contributed by atoms with Gasteiger partial charge in [0.25, 0.3) is 0 Å². The second kappa shape index (κ2) is 7.31. The van der Waals surface area contributed by atoms with E-state index in [0.717, 1.165) is 48.3 Å². The molecule has 6 nitrogen and oxygen atoms in total. The summed E-state index contributed by atoms with van der Waals surface area (Å²) in [5.74, 6) is 0.847. The van der Waals surface area contributed by atoms with E-state index in [0.29, 0.717) is 24.5 Å². The van der Waals surface area contributed by atoms with Crippen LogP contribution in [0.25, 0.3) is 0 Å². The zero-order chi connectivity index (χ0) is 18.8. The van der Waals surface area contributed by atoms with Crippen molar-refractivity contribution in [2.75, 3.05) is 28.7 Å². The van der Waals surface area contributed by atoms with Gasteiger partial charge < -0.3 is 20.3 Å². The molecule has 0 spiro atoms. The minimum atomic E-state index is -0.311. The maximum Gasteiger partial charge on any atom is 0.323 e. The Morgan fingerprint density at radius 2 is 1.89 bits per heavy atom. The molecule has 0 atom stereocenters. The molecule has 2 heterocycles. The smallest absolute Gasteiger partial charge is 0.323 e. The van der Waals surface area contributed by atoms with Gasteiger partial charge in [0.2, 0.25) is 5.91 Å². The highest BCUT2D eigenvalue weighted by atomic mass is 16.5. The van der Waals surface area contributed by atoms with Gasteiger partial charge in [-0.1, -0.05) is 12.1 Å². The third-order valence-corrected chi connectivity index (χ3v) is 4.97.